The molecular weight excluding hydrogens is 581 g/mol. The lowest BCUT2D eigenvalue weighted by atomic mass is 10.1. The number of aryl methyl sites for hydroxylation is 1. The third kappa shape index (κ3) is 7.66. The number of sulfonamides is 1. The molecule has 0 heterocycles. The average Bonchev–Trinajstić information content (AvgIpc) is 2.86. The van der Waals surface area contributed by atoms with Crippen molar-refractivity contribution < 1.29 is 18.0 Å². The molecule has 0 saturated carbocycles. The number of halogens is 3. The Morgan fingerprint density at radius 3 is 2.05 bits per heavy atom. The minimum atomic E-state index is -4.20. The molecule has 0 spiro atoms. The number of benzene rings is 3. The average molecular weight is 611 g/mol. The Hall–Kier alpha value is -2.78. The molecule has 0 aliphatic rings. The van der Waals surface area contributed by atoms with Gasteiger partial charge in [0.1, 0.15) is 12.6 Å². The predicted octanol–water partition coefficient (Wildman–Crippen LogP) is 6.09. The van der Waals surface area contributed by atoms with Gasteiger partial charge in [-0.1, -0.05) is 53.0 Å². The number of nitrogens with zero attached hydrogens (tertiary/aromatic N) is 2. The van der Waals surface area contributed by atoms with Crippen molar-refractivity contribution in [2.24, 2.45) is 0 Å². The van der Waals surface area contributed by atoms with Gasteiger partial charge in [-0.3, -0.25) is 13.9 Å². The Labute approximate surface area is 244 Å². The van der Waals surface area contributed by atoms with Crippen LogP contribution in [0.5, 0.6) is 0 Å². The number of rotatable bonds is 10. The Morgan fingerprint density at radius 2 is 1.49 bits per heavy atom. The summed E-state index contributed by atoms with van der Waals surface area (Å²) < 4.78 is 28.7. The number of hydrogen-bond donors (Lipinski definition) is 1. The molecule has 1 unspecified atom stereocenters. The van der Waals surface area contributed by atoms with Crippen LogP contribution < -0.4 is 9.62 Å². The summed E-state index contributed by atoms with van der Waals surface area (Å²) in [6, 6.07) is 16.3. The Kier molecular flexibility index (Phi) is 10.3. The monoisotopic (exact) mass is 609 g/mol. The van der Waals surface area contributed by atoms with Crippen LogP contribution in [0.1, 0.15) is 31.9 Å². The van der Waals surface area contributed by atoms with Crippen molar-refractivity contribution in [2.75, 3.05) is 10.8 Å². The highest BCUT2D eigenvalue weighted by Gasteiger charge is 2.33. The summed E-state index contributed by atoms with van der Waals surface area (Å²) in [5.41, 5.74) is 1.55. The van der Waals surface area contributed by atoms with Crippen LogP contribution in [0.15, 0.2) is 71.6 Å². The third-order valence-electron chi connectivity index (χ3n) is 5.96. The summed E-state index contributed by atoms with van der Waals surface area (Å²) in [7, 11) is -4.20. The molecule has 0 aromatic heterocycles. The summed E-state index contributed by atoms with van der Waals surface area (Å²) in [5, 5.41) is 3.82. The Bertz CT molecular complexity index is 1430. The van der Waals surface area contributed by atoms with Gasteiger partial charge in [0, 0.05) is 33.2 Å². The molecule has 208 valence electrons. The second kappa shape index (κ2) is 13.0. The van der Waals surface area contributed by atoms with Crippen molar-refractivity contribution in [3.8, 4) is 0 Å². The van der Waals surface area contributed by atoms with Gasteiger partial charge < -0.3 is 10.2 Å². The van der Waals surface area contributed by atoms with Crippen LogP contribution in [0.25, 0.3) is 0 Å². The number of carbonyl (C=O) groups excluding carboxylic acids is 2. The SMILES string of the molecule is Cc1cccc(N(CC(=O)N(Cc2c(Cl)cccc2Cl)C(C)C(=O)NC(C)C)S(=O)(=O)c2ccc(Cl)cc2)c1. The summed E-state index contributed by atoms with van der Waals surface area (Å²) in [5.74, 6) is -1.01. The topological polar surface area (TPSA) is 86.8 Å². The van der Waals surface area contributed by atoms with E-state index in [1.54, 1.807) is 57.2 Å². The zero-order valence-electron chi connectivity index (χ0n) is 22.0. The fourth-order valence-corrected chi connectivity index (χ4v) is 5.94. The second-order valence-corrected chi connectivity index (χ2v) is 12.5. The fourth-order valence-electron chi connectivity index (χ4n) is 3.89. The molecule has 0 bridgehead atoms. The lowest BCUT2D eigenvalue weighted by Gasteiger charge is -2.32. The molecule has 0 aliphatic carbocycles. The first-order chi connectivity index (χ1) is 18.3. The lowest BCUT2D eigenvalue weighted by Crippen LogP contribution is -2.52. The molecule has 11 heteroatoms. The summed E-state index contributed by atoms with van der Waals surface area (Å²) in [6.45, 7) is 6.33. The van der Waals surface area contributed by atoms with Crippen molar-refractivity contribution >= 4 is 62.3 Å². The summed E-state index contributed by atoms with van der Waals surface area (Å²) >= 11 is 18.8. The van der Waals surface area contributed by atoms with Crippen LogP contribution in [0.2, 0.25) is 15.1 Å². The highest BCUT2D eigenvalue weighted by atomic mass is 35.5. The van der Waals surface area contributed by atoms with E-state index in [9.17, 15) is 18.0 Å². The zero-order valence-corrected chi connectivity index (χ0v) is 25.1. The van der Waals surface area contributed by atoms with E-state index >= 15 is 0 Å². The van der Waals surface area contributed by atoms with E-state index < -0.39 is 34.4 Å². The smallest absolute Gasteiger partial charge is 0.264 e. The molecule has 0 saturated heterocycles. The summed E-state index contributed by atoms with van der Waals surface area (Å²) in [4.78, 5) is 28.2. The first-order valence-corrected chi connectivity index (χ1v) is 14.8. The van der Waals surface area contributed by atoms with Crippen molar-refractivity contribution in [3.63, 3.8) is 0 Å². The molecule has 3 aromatic rings. The van der Waals surface area contributed by atoms with Crippen LogP contribution in [0.4, 0.5) is 5.69 Å². The molecule has 39 heavy (non-hydrogen) atoms. The van der Waals surface area contributed by atoms with E-state index in [0.29, 0.717) is 26.3 Å². The minimum absolute atomic E-state index is 0.0347. The van der Waals surface area contributed by atoms with Crippen LogP contribution >= 0.6 is 34.8 Å². The molecule has 0 radical (unpaired) electrons. The maximum absolute atomic E-state index is 13.9. The number of amides is 2. The first-order valence-electron chi connectivity index (χ1n) is 12.2. The molecule has 0 aliphatic heterocycles. The lowest BCUT2D eigenvalue weighted by molar-refractivity contribution is -0.139. The largest absolute Gasteiger partial charge is 0.352 e. The van der Waals surface area contributed by atoms with Crippen LogP contribution in [-0.4, -0.2) is 43.8 Å². The molecule has 3 aromatic carbocycles. The fraction of sp³-hybridized carbons (Fsp3) is 0.286. The van der Waals surface area contributed by atoms with Crippen molar-refractivity contribution in [1.82, 2.24) is 10.2 Å². The maximum atomic E-state index is 13.9. The van der Waals surface area contributed by atoms with Crippen molar-refractivity contribution in [3.05, 3.63) is 92.9 Å². The van der Waals surface area contributed by atoms with Gasteiger partial charge in [-0.15, -0.1) is 0 Å². The minimum Gasteiger partial charge on any atom is -0.352 e. The molecule has 0 fully saturated rings. The number of hydrogen-bond acceptors (Lipinski definition) is 4. The van der Waals surface area contributed by atoms with Crippen LogP contribution in [0.3, 0.4) is 0 Å². The highest BCUT2D eigenvalue weighted by Crippen LogP contribution is 2.29. The van der Waals surface area contributed by atoms with Crippen LogP contribution in [0, 0.1) is 6.92 Å². The second-order valence-electron chi connectivity index (χ2n) is 9.37. The van der Waals surface area contributed by atoms with Crippen molar-refractivity contribution in [2.45, 2.75) is 51.2 Å². The van der Waals surface area contributed by atoms with Gasteiger partial charge in [-0.2, -0.15) is 0 Å². The van der Waals surface area contributed by atoms with Gasteiger partial charge in [0.15, 0.2) is 0 Å². The van der Waals surface area contributed by atoms with Gasteiger partial charge >= 0.3 is 0 Å². The van der Waals surface area contributed by atoms with E-state index in [4.69, 9.17) is 34.8 Å². The normalized spacial score (nSPS) is 12.2. The van der Waals surface area contributed by atoms with Gasteiger partial charge in [-0.05, 0) is 81.8 Å². The van der Waals surface area contributed by atoms with E-state index in [0.717, 1.165) is 9.87 Å². The van der Waals surface area contributed by atoms with Crippen LogP contribution in [-0.2, 0) is 26.2 Å². The zero-order chi connectivity index (χ0) is 28.9. The predicted molar refractivity (Wildman–Crippen MR) is 157 cm³/mol. The van der Waals surface area contributed by atoms with Gasteiger partial charge in [0.25, 0.3) is 10.0 Å². The number of carbonyl (C=O) groups is 2. The van der Waals surface area contributed by atoms with E-state index in [1.165, 1.54) is 29.2 Å². The van der Waals surface area contributed by atoms with Gasteiger partial charge in [0.05, 0.1) is 10.6 Å². The molecule has 1 N–H and O–H groups in total. The molecule has 1 atom stereocenters. The standard InChI is InChI=1S/C28H30Cl3N3O4S/c1-18(2)32-28(36)20(4)33(16-24-25(30)9-6-10-26(24)31)27(35)17-34(22-8-5-7-19(3)15-22)39(37,38)23-13-11-21(29)12-14-23/h5-15,18,20H,16-17H2,1-4H3,(H,32,36). The maximum Gasteiger partial charge on any atom is 0.264 e. The molecular formula is C28H30Cl3N3O4S. The Morgan fingerprint density at radius 1 is 0.897 bits per heavy atom. The number of anilines is 1. The third-order valence-corrected chi connectivity index (χ3v) is 8.71. The summed E-state index contributed by atoms with van der Waals surface area (Å²) in [6.07, 6.45) is 0. The van der Waals surface area contributed by atoms with Crippen molar-refractivity contribution in [1.29, 1.82) is 0 Å². The molecule has 7 nitrogen and oxygen atoms in total. The van der Waals surface area contributed by atoms with E-state index in [2.05, 4.69) is 5.32 Å². The molecule has 3 rings (SSSR count). The molecule has 2 amide bonds. The van der Waals surface area contributed by atoms with E-state index in [-0.39, 0.29) is 17.5 Å². The first kappa shape index (κ1) is 30.8. The van der Waals surface area contributed by atoms with Gasteiger partial charge in [0.2, 0.25) is 11.8 Å². The number of nitrogens with one attached hydrogen (secondary N) is 1. The van der Waals surface area contributed by atoms with E-state index in [1.807, 2.05) is 13.0 Å². The Balaban J connectivity index is 2.07. The quantitative estimate of drug-likeness (QED) is 0.301. The highest BCUT2D eigenvalue weighted by molar-refractivity contribution is 7.92. The van der Waals surface area contributed by atoms with Gasteiger partial charge in [-0.25, -0.2) is 8.42 Å².